The predicted molar refractivity (Wildman–Crippen MR) is 77.8 cm³/mol. The molecule has 3 amide bonds. The van der Waals surface area contributed by atoms with Crippen LogP contribution in [0, 0.1) is 5.41 Å². The van der Waals surface area contributed by atoms with Crippen molar-refractivity contribution in [2.45, 2.75) is 58.5 Å². The van der Waals surface area contributed by atoms with Crippen LogP contribution in [0.15, 0.2) is 0 Å². The van der Waals surface area contributed by atoms with Crippen LogP contribution in [0.3, 0.4) is 0 Å². The highest BCUT2D eigenvalue weighted by Gasteiger charge is 2.44. The number of carbonyl (C=O) groups excluding carboxylic acids is 2. The maximum absolute atomic E-state index is 11.8. The maximum atomic E-state index is 11.8. The summed E-state index contributed by atoms with van der Waals surface area (Å²) in [6.07, 6.45) is 2.27. The Kier molecular flexibility index (Phi) is 5.20. The van der Waals surface area contributed by atoms with Crippen molar-refractivity contribution < 1.29 is 19.5 Å². The van der Waals surface area contributed by atoms with Gasteiger partial charge >= 0.3 is 12.0 Å². The highest BCUT2D eigenvalue weighted by Crippen LogP contribution is 2.30. The number of carboxylic acids is 1. The molecular weight excluding hydrogens is 274 g/mol. The number of rotatable bonds is 7. The lowest BCUT2D eigenvalue weighted by atomic mass is 9.74. The minimum atomic E-state index is -1.12. The summed E-state index contributed by atoms with van der Waals surface area (Å²) in [5, 5.41) is 17.2. The molecule has 0 aromatic heterocycles. The van der Waals surface area contributed by atoms with E-state index in [9.17, 15) is 19.5 Å². The van der Waals surface area contributed by atoms with E-state index < -0.39 is 23.0 Å². The minimum Gasteiger partial charge on any atom is -0.481 e. The molecule has 21 heavy (non-hydrogen) atoms. The van der Waals surface area contributed by atoms with Crippen molar-refractivity contribution in [3.05, 3.63) is 0 Å². The monoisotopic (exact) mass is 299 g/mol. The van der Waals surface area contributed by atoms with Crippen molar-refractivity contribution in [3.63, 3.8) is 0 Å². The van der Waals surface area contributed by atoms with E-state index in [-0.39, 0.29) is 18.9 Å². The van der Waals surface area contributed by atoms with Gasteiger partial charge in [0, 0.05) is 19.0 Å². The summed E-state index contributed by atoms with van der Waals surface area (Å²) in [7, 11) is 0. The summed E-state index contributed by atoms with van der Waals surface area (Å²) in [4.78, 5) is 34.5. The van der Waals surface area contributed by atoms with E-state index in [0.717, 1.165) is 12.8 Å². The molecule has 7 heteroatoms. The number of nitrogens with one attached hydrogen (secondary N) is 3. The lowest BCUT2D eigenvalue weighted by molar-refractivity contribution is -0.150. The Morgan fingerprint density at radius 3 is 2.19 bits per heavy atom. The number of amides is 3. The van der Waals surface area contributed by atoms with Crippen LogP contribution in [0.25, 0.3) is 0 Å². The summed E-state index contributed by atoms with van der Waals surface area (Å²) in [5.74, 6) is -1.07. The van der Waals surface area contributed by atoms with Crippen molar-refractivity contribution in [3.8, 4) is 0 Å². The fourth-order valence-electron chi connectivity index (χ4n) is 1.57. The fourth-order valence-corrected chi connectivity index (χ4v) is 1.57. The molecule has 7 nitrogen and oxygen atoms in total. The summed E-state index contributed by atoms with van der Waals surface area (Å²) in [6.45, 7) is 6.63. The molecule has 1 aliphatic carbocycles. The van der Waals surface area contributed by atoms with Crippen LogP contribution < -0.4 is 16.0 Å². The molecule has 0 aromatic rings. The van der Waals surface area contributed by atoms with Gasteiger partial charge < -0.3 is 21.1 Å². The normalized spacial score (nSPS) is 15.2. The van der Waals surface area contributed by atoms with Crippen molar-refractivity contribution in [1.29, 1.82) is 0 Å². The number of urea groups is 1. The molecule has 4 N–H and O–H groups in total. The van der Waals surface area contributed by atoms with Gasteiger partial charge in [0.05, 0.1) is 11.0 Å². The first-order chi connectivity index (χ1) is 9.56. The van der Waals surface area contributed by atoms with Gasteiger partial charge in [-0.15, -0.1) is 0 Å². The predicted octanol–water partition coefficient (Wildman–Crippen LogP) is 0.844. The molecule has 1 saturated carbocycles. The van der Waals surface area contributed by atoms with Gasteiger partial charge in [-0.25, -0.2) is 4.79 Å². The molecule has 0 heterocycles. The zero-order chi connectivity index (χ0) is 16.3. The second-order valence-corrected chi connectivity index (χ2v) is 6.53. The summed E-state index contributed by atoms with van der Waals surface area (Å²) < 4.78 is 0. The second-order valence-electron chi connectivity index (χ2n) is 6.53. The molecule has 0 bridgehead atoms. The van der Waals surface area contributed by atoms with Crippen molar-refractivity contribution in [2.24, 2.45) is 5.41 Å². The maximum Gasteiger partial charge on any atom is 0.315 e. The molecule has 0 radical (unpaired) electrons. The Hall–Kier alpha value is -1.79. The number of hydrogen-bond donors (Lipinski definition) is 4. The lowest BCUT2D eigenvalue weighted by Gasteiger charge is -2.38. The summed E-state index contributed by atoms with van der Waals surface area (Å²) >= 11 is 0. The number of carbonyl (C=O) groups is 3. The first kappa shape index (κ1) is 17.3. The average molecular weight is 299 g/mol. The van der Waals surface area contributed by atoms with Crippen LogP contribution in [0.2, 0.25) is 0 Å². The van der Waals surface area contributed by atoms with Crippen LogP contribution in [0.1, 0.15) is 47.0 Å². The molecule has 0 unspecified atom stereocenters. The first-order valence-corrected chi connectivity index (χ1v) is 7.15. The van der Waals surface area contributed by atoms with Crippen molar-refractivity contribution >= 4 is 17.9 Å². The third-order valence-electron chi connectivity index (χ3n) is 4.10. The van der Waals surface area contributed by atoms with Crippen LogP contribution in [-0.2, 0) is 9.59 Å². The molecule has 120 valence electrons. The fraction of sp³-hybridized carbons (Fsp3) is 0.786. The van der Waals surface area contributed by atoms with E-state index in [4.69, 9.17) is 0 Å². The molecule has 0 saturated heterocycles. The van der Waals surface area contributed by atoms with Gasteiger partial charge in [0.15, 0.2) is 0 Å². The lowest BCUT2D eigenvalue weighted by Crippen LogP contribution is -2.59. The number of carboxylic acid groups (broad SMARTS) is 1. The smallest absolute Gasteiger partial charge is 0.315 e. The van der Waals surface area contributed by atoms with Gasteiger partial charge in [0.1, 0.15) is 0 Å². The van der Waals surface area contributed by atoms with Gasteiger partial charge in [-0.05, 0) is 40.5 Å². The van der Waals surface area contributed by atoms with Gasteiger partial charge in [0.2, 0.25) is 5.91 Å². The van der Waals surface area contributed by atoms with Gasteiger partial charge in [-0.3, -0.25) is 9.59 Å². The molecule has 1 fully saturated rings. The summed E-state index contributed by atoms with van der Waals surface area (Å²) in [5.41, 5.74) is -2.05. The Labute approximate surface area is 124 Å². The molecular formula is C14H25N3O4. The molecule has 1 rings (SSSR count). The Morgan fingerprint density at radius 2 is 1.71 bits per heavy atom. The molecule has 0 atom stereocenters. The van der Waals surface area contributed by atoms with E-state index >= 15 is 0 Å². The Bertz CT molecular complexity index is 428. The highest BCUT2D eigenvalue weighted by atomic mass is 16.4. The van der Waals surface area contributed by atoms with Crippen LogP contribution in [0.4, 0.5) is 4.79 Å². The van der Waals surface area contributed by atoms with Crippen LogP contribution in [-0.4, -0.2) is 41.1 Å². The van der Waals surface area contributed by atoms with Crippen LogP contribution >= 0.6 is 0 Å². The standard InChI is InChI=1S/C14H25N3O4/c1-13(2,11(19)20)14(3,4)17-12(21)15-8-7-10(18)16-9-5-6-9/h9H,5-8H2,1-4H3,(H,16,18)(H,19,20)(H2,15,17,21). The van der Waals surface area contributed by atoms with E-state index in [2.05, 4.69) is 16.0 Å². The zero-order valence-corrected chi connectivity index (χ0v) is 13.1. The van der Waals surface area contributed by atoms with Crippen molar-refractivity contribution in [1.82, 2.24) is 16.0 Å². The molecule has 1 aliphatic rings. The zero-order valence-electron chi connectivity index (χ0n) is 13.1. The van der Waals surface area contributed by atoms with Gasteiger partial charge in [-0.1, -0.05) is 0 Å². The van der Waals surface area contributed by atoms with E-state index in [1.807, 2.05) is 0 Å². The first-order valence-electron chi connectivity index (χ1n) is 7.15. The van der Waals surface area contributed by atoms with E-state index in [0.29, 0.717) is 6.04 Å². The third-order valence-corrected chi connectivity index (χ3v) is 4.10. The molecule has 0 spiro atoms. The topological polar surface area (TPSA) is 108 Å². The SMILES string of the molecule is CC(C)(NC(=O)NCCC(=O)NC1CC1)C(C)(C)C(=O)O. The minimum absolute atomic E-state index is 0.0806. The second kappa shape index (κ2) is 6.32. The van der Waals surface area contributed by atoms with E-state index in [1.54, 1.807) is 27.7 Å². The van der Waals surface area contributed by atoms with Crippen molar-refractivity contribution in [2.75, 3.05) is 6.54 Å². The van der Waals surface area contributed by atoms with Gasteiger partial charge in [-0.2, -0.15) is 0 Å². The Morgan fingerprint density at radius 1 is 1.14 bits per heavy atom. The van der Waals surface area contributed by atoms with E-state index in [1.165, 1.54) is 0 Å². The number of hydrogen-bond acceptors (Lipinski definition) is 3. The summed E-state index contributed by atoms with van der Waals surface area (Å²) in [6, 6.07) is -0.171. The number of aliphatic carboxylic acids is 1. The molecule has 0 aromatic carbocycles. The highest BCUT2D eigenvalue weighted by molar-refractivity contribution is 5.80. The van der Waals surface area contributed by atoms with Crippen LogP contribution in [0.5, 0.6) is 0 Å². The average Bonchev–Trinajstić information content (AvgIpc) is 3.11. The van der Waals surface area contributed by atoms with Gasteiger partial charge in [0.25, 0.3) is 0 Å². The molecule has 0 aliphatic heterocycles. The largest absolute Gasteiger partial charge is 0.481 e. The quantitative estimate of drug-likeness (QED) is 0.559. The Balaban J connectivity index is 2.34. The third kappa shape index (κ3) is 4.91.